The number of pyridine rings is 1. The second kappa shape index (κ2) is 9.80. The van der Waals surface area contributed by atoms with Crippen LogP contribution in [0, 0.1) is 5.92 Å². The molecule has 6 nitrogen and oxygen atoms in total. The molecule has 1 heterocycles. The molecule has 0 spiro atoms. The predicted octanol–water partition coefficient (Wildman–Crippen LogP) is 5.14. The molecular formula is C21H19F6NO5S. The first-order chi connectivity index (χ1) is 15.7. The van der Waals surface area contributed by atoms with Gasteiger partial charge < -0.3 is 9.47 Å². The number of benzene rings is 1. The van der Waals surface area contributed by atoms with Gasteiger partial charge in [-0.05, 0) is 49.4 Å². The number of ketones is 1. The average molecular weight is 511 g/mol. The molecule has 0 saturated heterocycles. The van der Waals surface area contributed by atoms with Gasteiger partial charge in [-0.3, -0.25) is 4.79 Å². The maximum Gasteiger partial charge on any atom is 0.573 e. The van der Waals surface area contributed by atoms with E-state index < -0.39 is 40.0 Å². The summed E-state index contributed by atoms with van der Waals surface area (Å²) in [5, 5.41) is -0.777. The Kier molecular flexibility index (Phi) is 7.44. The maximum atomic E-state index is 12.7. The van der Waals surface area contributed by atoms with E-state index in [-0.39, 0.29) is 47.3 Å². The average Bonchev–Trinajstić information content (AvgIpc) is 2.69. The molecule has 186 valence electrons. The summed E-state index contributed by atoms with van der Waals surface area (Å²) >= 11 is 0. The van der Waals surface area contributed by atoms with Gasteiger partial charge >= 0.3 is 12.5 Å². The lowest BCUT2D eigenvalue weighted by Gasteiger charge is -2.34. The number of halogens is 6. The van der Waals surface area contributed by atoms with Crippen LogP contribution in [-0.4, -0.2) is 43.6 Å². The summed E-state index contributed by atoms with van der Waals surface area (Å²) in [6, 6.07) is 6.65. The molecule has 0 bridgehead atoms. The highest BCUT2D eigenvalue weighted by Gasteiger charge is 2.40. The third kappa shape index (κ3) is 7.08. The van der Waals surface area contributed by atoms with Crippen molar-refractivity contribution in [2.45, 2.75) is 48.4 Å². The Morgan fingerprint density at radius 2 is 1.76 bits per heavy atom. The van der Waals surface area contributed by atoms with Crippen LogP contribution in [0.2, 0.25) is 0 Å². The molecule has 1 saturated carbocycles. The van der Waals surface area contributed by atoms with Gasteiger partial charge in [0.1, 0.15) is 5.75 Å². The van der Waals surface area contributed by atoms with Gasteiger partial charge in [-0.15, -0.1) is 13.2 Å². The van der Waals surface area contributed by atoms with Gasteiger partial charge in [0.15, 0.2) is 22.2 Å². The first kappa shape index (κ1) is 25.8. The number of hydrogen-bond donors (Lipinski definition) is 0. The van der Waals surface area contributed by atoms with E-state index in [9.17, 15) is 39.6 Å². The van der Waals surface area contributed by atoms with Crippen molar-refractivity contribution in [1.29, 1.82) is 0 Å². The molecule has 2 aromatic rings. The van der Waals surface area contributed by atoms with Crippen LogP contribution >= 0.6 is 0 Å². The Morgan fingerprint density at radius 3 is 2.35 bits per heavy atom. The second-order valence-corrected chi connectivity index (χ2v) is 10.0. The fourth-order valence-corrected chi connectivity index (χ4v) is 5.45. The molecule has 1 fully saturated rings. The zero-order valence-corrected chi connectivity index (χ0v) is 18.2. The van der Waals surface area contributed by atoms with E-state index >= 15 is 0 Å². The second-order valence-electron chi connectivity index (χ2n) is 7.78. The predicted molar refractivity (Wildman–Crippen MR) is 106 cm³/mol. The van der Waals surface area contributed by atoms with Crippen molar-refractivity contribution in [2.75, 3.05) is 6.61 Å². The first-order valence-electron chi connectivity index (χ1n) is 10.0. The Balaban J connectivity index is 1.49. The van der Waals surface area contributed by atoms with Crippen LogP contribution in [0.5, 0.6) is 11.6 Å². The van der Waals surface area contributed by atoms with Gasteiger partial charge in [0, 0.05) is 24.2 Å². The van der Waals surface area contributed by atoms with Gasteiger partial charge in [-0.2, -0.15) is 13.2 Å². The van der Waals surface area contributed by atoms with Gasteiger partial charge in [0.2, 0.25) is 5.88 Å². The topological polar surface area (TPSA) is 82.6 Å². The van der Waals surface area contributed by atoms with E-state index in [1.165, 1.54) is 12.1 Å². The number of aromatic nitrogens is 1. The number of alkyl halides is 6. The molecular weight excluding hydrogens is 492 g/mol. The third-order valence-electron chi connectivity index (χ3n) is 5.22. The summed E-state index contributed by atoms with van der Waals surface area (Å²) in [5.41, 5.74) is 0.185. The highest BCUT2D eigenvalue weighted by atomic mass is 32.2. The number of Topliss-reactive ketones (excluding diaryl/α,β-unsaturated/α-hetero) is 1. The van der Waals surface area contributed by atoms with Crippen molar-refractivity contribution < 1.29 is 49.0 Å². The lowest BCUT2D eigenvalue weighted by molar-refractivity contribution is -0.274. The summed E-state index contributed by atoms with van der Waals surface area (Å²) in [7, 11) is -3.86. The Labute approximate surface area is 190 Å². The van der Waals surface area contributed by atoms with Gasteiger partial charge in [-0.1, -0.05) is 6.07 Å². The summed E-state index contributed by atoms with van der Waals surface area (Å²) < 4.78 is 107. The van der Waals surface area contributed by atoms with Crippen molar-refractivity contribution in [1.82, 2.24) is 4.98 Å². The van der Waals surface area contributed by atoms with Crippen LogP contribution in [0.15, 0.2) is 47.5 Å². The van der Waals surface area contributed by atoms with E-state index in [0.717, 1.165) is 30.5 Å². The Hall–Kier alpha value is -2.83. The Morgan fingerprint density at radius 1 is 1.06 bits per heavy atom. The zero-order chi connectivity index (χ0) is 25.1. The van der Waals surface area contributed by atoms with E-state index in [0.29, 0.717) is 6.42 Å². The van der Waals surface area contributed by atoms with Crippen LogP contribution in [0.3, 0.4) is 0 Å². The number of nitrogens with zero attached hydrogens (tertiary/aromatic N) is 1. The lowest BCUT2D eigenvalue weighted by atomic mass is 9.81. The number of ether oxygens (including phenoxy) is 2. The number of carbonyl (C=O) groups excluding carboxylic acids is 1. The van der Waals surface area contributed by atoms with Gasteiger partial charge in [0.05, 0.1) is 10.1 Å². The molecule has 34 heavy (non-hydrogen) atoms. The summed E-state index contributed by atoms with van der Waals surface area (Å²) in [6.45, 7) is -1.50. The number of sulfone groups is 1. The van der Waals surface area contributed by atoms with Crippen LogP contribution in [0.1, 0.15) is 36.0 Å². The standard InChI is InChI=1S/C21H19F6NO5S/c22-20(23,24)12-32-19-7-5-14(11-28-19)18(29)6-4-13-8-17(9-13)34(30,31)16-3-1-2-15(10-16)33-21(25,26)27/h1-3,5,7,10-11,13,17H,4,6,8-9,12H2. The fourth-order valence-electron chi connectivity index (χ4n) is 3.47. The van der Waals surface area contributed by atoms with E-state index in [1.54, 1.807) is 0 Å². The quantitative estimate of drug-likeness (QED) is 0.343. The van der Waals surface area contributed by atoms with Crippen molar-refractivity contribution in [2.24, 2.45) is 5.92 Å². The van der Waals surface area contributed by atoms with Crippen molar-refractivity contribution in [3.8, 4) is 11.6 Å². The van der Waals surface area contributed by atoms with Crippen molar-refractivity contribution in [3.05, 3.63) is 48.2 Å². The van der Waals surface area contributed by atoms with Crippen LogP contribution in [0.4, 0.5) is 26.3 Å². The molecule has 13 heteroatoms. The normalized spacial score (nSPS) is 18.8. The van der Waals surface area contributed by atoms with Gasteiger partial charge in [0.25, 0.3) is 0 Å². The molecule has 1 aromatic heterocycles. The number of carbonyl (C=O) groups is 1. The highest BCUT2D eigenvalue weighted by Crippen LogP contribution is 2.39. The highest BCUT2D eigenvalue weighted by molar-refractivity contribution is 7.92. The van der Waals surface area contributed by atoms with Crippen LogP contribution < -0.4 is 9.47 Å². The largest absolute Gasteiger partial charge is 0.573 e. The van der Waals surface area contributed by atoms with E-state index in [2.05, 4.69) is 14.5 Å². The molecule has 0 amide bonds. The van der Waals surface area contributed by atoms with Crippen molar-refractivity contribution in [3.63, 3.8) is 0 Å². The smallest absolute Gasteiger partial charge is 0.468 e. The minimum atomic E-state index is -4.94. The molecule has 1 aromatic carbocycles. The molecule has 0 unspecified atom stereocenters. The summed E-state index contributed by atoms with van der Waals surface area (Å²) in [5.74, 6) is -1.28. The third-order valence-corrected chi connectivity index (χ3v) is 7.39. The monoisotopic (exact) mass is 511 g/mol. The SMILES string of the molecule is O=C(CCC1CC(S(=O)(=O)c2cccc(OC(F)(F)F)c2)C1)c1ccc(OCC(F)(F)F)nc1. The lowest BCUT2D eigenvalue weighted by Crippen LogP contribution is -2.36. The summed E-state index contributed by atoms with van der Waals surface area (Å²) in [6.07, 6.45) is -7.37. The first-order valence-corrected chi connectivity index (χ1v) is 11.6. The van der Waals surface area contributed by atoms with E-state index in [1.807, 2.05) is 0 Å². The molecule has 1 aliphatic rings. The molecule has 0 atom stereocenters. The zero-order valence-electron chi connectivity index (χ0n) is 17.4. The molecule has 0 N–H and O–H groups in total. The number of hydrogen-bond acceptors (Lipinski definition) is 6. The van der Waals surface area contributed by atoms with Crippen LogP contribution in [0.25, 0.3) is 0 Å². The maximum absolute atomic E-state index is 12.7. The van der Waals surface area contributed by atoms with E-state index in [4.69, 9.17) is 0 Å². The molecule has 0 aliphatic heterocycles. The molecule has 1 aliphatic carbocycles. The number of rotatable bonds is 9. The minimum absolute atomic E-state index is 0.0688. The molecule has 3 rings (SSSR count). The fraction of sp³-hybridized carbons (Fsp3) is 0.429. The van der Waals surface area contributed by atoms with Crippen LogP contribution in [-0.2, 0) is 9.84 Å². The van der Waals surface area contributed by atoms with Crippen molar-refractivity contribution >= 4 is 15.6 Å². The summed E-state index contributed by atoms with van der Waals surface area (Å²) in [4.78, 5) is 15.7. The van der Waals surface area contributed by atoms with Gasteiger partial charge in [-0.25, -0.2) is 13.4 Å². The minimum Gasteiger partial charge on any atom is -0.468 e. The Bertz CT molecular complexity index is 1110. The molecule has 0 radical (unpaired) electrons.